The lowest BCUT2D eigenvalue weighted by atomic mass is 10.1. The van der Waals surface area contributed by atoms with Gasteiger partial charge in [0.1, 0.15) is 5.75 Å². The van der Waals surface area contributed by atoms with E-state index >= 15 is 0 Å². The van der Waals surface area contributed by atoms with E-state index in [9.17, 15) is 0 Å². The molecule has 1 N–H and O–H groups in total. The lowest BCUT2D eigenvalue weighted by Crippen LogP contribution is -2.09. The summed E-state index contributed by atoms with van der Waals surface area (Å²) in [4.78, 5) is 0. The fourth-order valence-corrected chi connectivity index (χ4v) is 1.91. The van der Waals surface area contributed by atoms with Crippen LogP contribution in [0.5, 0.6) is 5.75 Å². The molecule has 0 fully saturated rings. The average Bonchev–Trinajstić information content (AvgIpc) is 2.47. The van der Waals surface area contributed by atoms with Crippen LogP contribution in [0, 0.1) is 11.8 Å². The molecule has 0 aliphatic heterocycles. The van der Waals surface area contributed by atoms with Crippen LogP contribution in [0.15, 0.2) is 36.4 Å². The Morgan fingerprint density at radius 1 is 1.15 bits per heavy atom. The van der Waals surface area contributed by atoms with Gasteiger partial charge in [0.2, 0.25) is 0 Å². The molecule has 2 heteroatoms. The molecular weight excluding hydrogens is 248 g/mol. The molecule has 20 heavy (non-hydrogen) atoms. The summed E-state index contributed by atoms with van der Waals surface area (Å²) in [6.45, 7) is 4.30. The number of aliphatic hydroxyl groups is 1. The maximum Gasteiger partial charge on any atom is 0.120 e. The highest BCUT2D eigenvalue weighted by Crippen LogP contribution is 2.23. The minimum Gasteiger partial charge on any atom is -0.491 e. The van der Waals surface area contributed by atoms with Gasteiger partial charge in [0.25, 0.3) is 0 Å². The summed E-state index contributed by atoms with van der Waals surface area (Å²) in [5.74, 6) is 6.90. The normalized spacial score (nSPS) is 11.8. The van der Waals surface area contributed by atoms with Gasteiger partial charge in [0, 0.05) is 12.0 Å². The molecule has 1 atom stereocenters. The number of hydrogen-bond acceptors (Lipinski definition) is 2. The van der Waals surface area contributed by atoms with Gasteiger partial charge in [0.15, 0.2) is 0 Å². The predicted octanol–water partition coefficient (Wildman–Crippen LogP) is 3.75. The van der Waals surface area contributed by atoms with Gasteiger partial charge in [-0.3, -0.25) is 0 Å². The Balaban J connectivity index is 2.23. The van der Waals surface area contributed by atoms with E-state index in [0.29, 0.717) is 6.42 Å². The van der Waals surface area contributed by atoms with E-state index in [1.807, 2.05) is 12.1 Å². The zero-order chi connectivity index (χ0) is 14.4. The molecule has 0 saturated heterocycles. The third kappa shape index (κ3) is 3.76. The molecule has 104 valence electrons. The van der Waals surface area contributed by atoms with E-state index in [0.717, 1.165) is 28.5 Å². The van der Waals surface area contributed by atoms with Crippen molar-refractivity contribution in [3.63, 3.8) is 0 Å². The fourth-order valence-electron chi connectivity index (χ4n) is 1.91. The van der Waals surface area contributed by atoms with Crippen LogP contribution in [0.25, 0.3) is 10.8 Å². The SMILES string of the molecule is CCC(C)Oc1ccc2cc(C#CCCO)ccc2c1. The molecule has 0 aromatic heterocycles. The third-order valence-corrected chi connectivity index (χ3v) is 3.19. The van der Waals surface area contributed by atoms with Crippen LogP contribution in [0.4, 0.5) is 0 Å². The van der Waals surface area contributed by atoms with Gasteiger partial charge in [-0.15, -0.1) is 0 Å². The standard InChI is InChI=1S/C18H20O2/c1-3-14(2)20-18-10-9-16-12-15(6-4-5-11-19)7-8-17(16)13-18/h7-10,12-14,19H,3,5,11H2,1-2H3. The quantitative estimate of drug-likeness (QED) is 0.856. The van der Waals surface area contributed by atoms with E-state index in [4.69, 9.17) is 9.84 Å². The highest BCUT2D eigenvalue weighted by Gasteiger charge is 2.02. The van der Waals surface area contributed by atoms with Crippen molar-refractivity contribution < 1.29 is 9.84 Å². The van der Waals surface area contributed by atoms with E-state index < -0.39 is 0 Å². The largest absolute Gasteiger partial charge is 0.491 e. The van der Waals surface area contributed by atoms with E-state index in [1.54, 1.807) is 0 Å². The van der Waals surface area contributed by atoms with E-state index in [2.05, 4.69) is 50.0 Å². The lowest BCUT2D eigenvalue weighted by molar-refractivity contribution is 0.218. The second-order valence-corrected chi connectivity index (χ2v) is 4.84. The molecule has 2 rings (SSSR count). The molecule has 0 aliphatic carbocycles. The predicted molar refractivity (Wildman–Crippen MR) is 82.9 cm³/mol. The first-order valence-electron chi connectivity index (χ1n) is 7.03. The van der Waals surface area contributed by atoms with Crippen molar-refractivity contribution in [2.75, 3.05) is 6.61 Å². The van der Waals surface area contributed by atoms with Gasteiger partial charge < -0.3 is 9.84 Å². The summed E-state index contributed by atoms with van der Waals surface area (Å²) in [6, 6.07) is 12.2. The Hall–Kier alpha value is -1.98. The lowest BCUT2D eigenvalue weighted by Gasteiger charge is -2.13. The molecular formula is C18H20O2. The second-order valence-electron chi connectivity index (χ2n) is 4.84. The molecule has 2 aromatic carbocycles. The van der Waals surface area contributed by atoms with Gasteiger partial charge in [-0.25, -0.2) is 0 Å². The third-order valence-electron chi connectivity index (χ3n) is 3.19. The van der Waals surface area contributed by atoms with Crippen molar-refractivity contribution in [3.8, 4) is 17.6 Å². The van der Waals surface area contributed by atoms with Crippen LogP contribution in [0.2, 0.25) is 0 Å². The topological polar surface area (TPSA) is 29.5 Å². The number of ether oxygens (including phenoxy) is 1. The molecule has 0 bridgehead atoms. The van der Waals surface area contributed by atoms with Crippen LogP contribution < -0.4 is 4.74 Å². The van der Waals surface area contributed by atoms with Crippen LogP contribution >= 0.6 is 0 Å². The first-order valence-corrected chi connectivity index (χ1v) is 7.03. The molecule has 2 aromatic rings. The number of rotatable bonds is 4. The van der Waals surface area contributed by atoms with E-state index in [-0.39, 0.29) is 12.7 Å². The first kappa shape index (κ1) is 14.4. The van der Waals surface area contributed by atoms with Crippen LogP contribution in [0.3, 0.4) is 0 Å². The van der Waals surface area contributed by atoms with Crippen LogP contribution in [-0.2, 0) is 0 Å². The van der Waals surface area contributed by atoms with Crippen molar-refractivity contribution in [2.24, 2.45) is 0 Å². The van der Waals surface area contributed by atoms with Crippen molar-refractivity contribution in [2.45, 2.75) is 32.8 Å². The van der Waals surface area contributed by atoms with Gasteiger partial charge in [-0.2, -0.15) is 0 Å². The molecule has 0 spiro atoms. The van der Waals surface area contributed by atoms with Crippen molar-refractivity contribution >= 4 is 10.8 Å². The Morgan fingerprint density at radius 2 is 1.90 bits per heavy atom. The summed E-state index contributed by atoms with van der Waals surface area (Å²) in [5.41, 5.74) is 0.974. The summed E-state index contributed by atoms with van der Waals surface area (Å²) in [6.07, 6.45) is 1.74. The van der Waals surface area contributed by atoms with Crippen molar-refractivity contribution in [1.29, 1.82) is 0 Å². The number of fused-ring (bicyclic) bond motifs is 1. The van der Waals surface area contributed by atoms with Gasteiger partial charge >= 0.3 is 0 Å². The number of benzene rings is 2. The number of aliphatic hydroxyl groups excluding tert-OH is 1. The zero-order valence-corrected chi connectivity index (χ0v) is 12.0. The first-order chi connectivity index (χ1) is 9.72. The summed E-state index contributed by atoms with van der Waals surface area (Å²) < 4.78 is 5.83. The summed E-state index contributed by atoms with van der Waals surface area (Å²) >= 11 is 0. The Labute approximate surface area is 120 Å². The Bertz CT molecular complexity index is 635. The van der Waals surface area contributed by atoms with Gasteiger partial charge in [-0.1, -0.05) is 30.9 Å². The number of hydrogen-bond donors (Lipinski definition) is 1. The molecule has 1 unspecified atom stereocenters. The minimum absolute atomic E-state index is 0.108. The van der Waals surface area contributed by atoms with Crippen LogP contribution in [-0.4, -0.2) is 17.8 Å². The van der Waals surface area contributed by atoms with Crippen LogP contribution in [0.1, 0.15) is 32.3 Å². The smallest absolute Gasteiger partial charge is 0.120 e. The summed E-state index contributed by atoms with van der Waals surface area (Å²) in [5, 5.41) is 11.0. The highest BCUT2D eigenvalue weighted by molar-refractivity contribution is 5.85. The molecule has 0 saturated carbocycles. The highest BCUT2D eigenvalue weighted by atomic mass is 16.5. The monoisotopic (exact) mass is 268 g/mol. The summed E-state index contributed by atoms with van der Waals surface area (Å²) in [7, 11) is 0. The molecule has 0 aliphatic rings. The second kappa shape index (κ2) is 6.98. The molecule has 0 radical (unpaired) electrons. The average molecular weight is 268 g/mol. The minimum atomic E-state index is 0.108. The maximum absolute atomic E-state index is 8.72. The maximum atomic E-state index is 8.72. The molecule has 2 nitrogen and oxygen atoms in total. The molecule has 0 amide bonds. The molecule has 0 heterocycles. The Kier molecular flexibility index (Phi) is 5.03. The van der Waals surface area contributed by atoms with Gasteiger partial charge in [-0.05, 0) is 48.4 Å². The van der Waals surface area contributed by atoms with Crippen molar-refractivity contribution in [3.05, 3.63) is 42.0 Å². The Morgan fingerprint density at radius 3 is 2.65 bits per heavy atom. The zero-order valence-electron chi connectivity index (χ0n) is 12.0. The fraction of sp³-hybridized carbons (Fsp3) is 0.333. The van der Waals surface area contributed by atoms with E-state index in [1.165, 1.54) is 0 Å². The van der Waals surface area contributed by atoms with Gasteiger partial charge in [0.05, 0.1) is 12.7 Å². The van der Waals surface area contributed by atoms with Crippen molar-refractivity contribution in [1.82, 2.24) is 0 Å².